The molecule has 17 heavy (non-hydrogen) atoms. The molecule has 2 rings (SSSR count). The summed E-state index contributed by atoms with van der Waals surface area (Å²) in [6.07, 6.45) is 0.109. The van der Waals surface area contributed by atoms with Gasteiger partial charge >= 0.3 is 0 Å². The molecular weight excluding hydrogens is 220 g/mol. The van der Waals surface area contributed by atoms with E-state index < -0.39 is 6.10 Å². The smallest absolute Gasteiger partial charge is 0.261 e. The molecule has 1 aliphatic rings. The summed E-state index contributed by atoms with van der Waals surface area (Å²) < 4.78 is 0. The minimum atomic E-state index is -0.469. The molecule has 1 amide bonds. The number of nitrogens with one attached hydrogen (secondary N) is 1. The number of nitrogens with zero attached hydrogens (tertiary/aromatic N) is 1. The van der Waals surface area contributed by atoms with Crippen LogP contribution >= 0.6 is 0 Å². The molecule has 1 unspecified atom stereocenters. The molecular formula is C12H16N2O3. The van der Waals surface area contributed by atoms with Gasteiger partial charge in [-0.2, -0.15) is 0 Å². The number of rotatable bonds is 1. The van der Waals surface area contributed by atoms with E-state index in [0.717, 1.165) is 5.69 Å². The molecule has 1 atom stereocenters. The van der Waals surface area contributed by atoms with Gasteiger partial charge < -0.3 is 15.0 Å². The van der Waals surface area contributed by atoms with Gasteiger partial charge in [-0.05, 0) is 31.9 Å². The largest absolute Gasteiger partial charge is 0.391 e. The first-order valence-electron chi connectivity index (χ1n) is 5.67. The number of pyridine rings is 1. The van der Waals surface area contributed by atoms with Crippen molar-refractivity contribution in [3.63, 3.8) is 0 Å². The summed E-state index contributed by atoms with van der Waals surface area (Å²) in [6, 6.07) is 1.78. The minimum Gasteiger partial charge on any atom is -0.391 e. The summed E-state index contributed by atoms with van der Waals surface area (Å²) in [4.78, 5) is 28.1. The Labute approximate surface area is 99.1 Å². The molecule has 0 aliphatic carbocycles. The number of aromatic amines is 1. The lowest BCUT2D eigenvalue weighted by Gasteiger charge is -2.16. The number of likely N-dealkylation sites (tertiary alicyclic amines) is 1. The van der Waals surface area contributed by atoms with E-state index in [9.17, 15) is 14.7 Å². The van der Waals surface area contributed by atoms with Crippen molar-refractivity contribution in [1.82, 2.24) is 9.88 Å². The van der Waals surface area contributed by atoms with Crippen LogP contribution in [-0.4, -0.2) is 40.1 Å². The highest BCUT2D eigenvalue weighted by atomic mass is 16.3. The Bertz CT molecular complexity index is 507. The van der Waals surface area contributed by atoms with Crippen molar-refractivity contribution in [3.8, 4) is 0 Å². The highest BCUT2D eigenvalue weighted by Crippen LogP contribution is 2.13. The SMILES string of the molecule is Cc1cc(C)c(C(=O)N2CCC(O)C2)c(=O)[nH]1. The Hall–Kier alpha value is -1.62. The molecule has 2 N–H and O–H groups in total. The number of hydrogen-bond acceptors (Lipinski definition) is 3. The number of aryl methyl sites for hydroxylation is 2. The van der Waals surface area contributed by atoms with Crippen LogP contribution in [0.4, 0.5) is 0 Å². The second-order valence-corrected chi connectivity index (χ2v) is 4.53. The van der Waals surface area contributed by atoms with E-state index >= 15 is 0 Å². The quantitative estimate of drug-likeness (QED) is 0.731. The van der Waals surface area contributed by atoms with Crippen LogP contribution < -0.4 is 5.56 Å². The average molecular weight is 236 g/mol. The second kappa shape index (κ2) is 4.33. The monoisotopic (exact) mass is 236 g/mol. The Balaban J connectivity index is 2.35. The van der Waals surface area contributed by atoms with E-state index in [1.54, 1.807) is 19.9 Å². The van der Waals surface area contributed by atoms with Crippen molar-refractivity contribution in [2.24, 2.45) is 0 Å². The lowest BCUT2D eigenvalue weighted by atomic mass is 10.1. The van der Waals surface area contributed by atoms with Gasteiger partial charge in [-0.1, -0.05) is 0 Å². The molecule has 92 valence electrons. The van der Waals surface area contributed by atoms with Gasteiger partial charge in [0.1, 0.15) is 5.56 Å². The first-order chi connectivity index (χ1) is 7.99. The zero-order chi connectivity index (χ0) is 12.6. The molecule has 2 heterocycles. The highest BCUT2D eigenvalue weighted by molar-refractivity contribution is 5.95. The van der Waals surface area contributed by atoms with Crippen LogP contribution in [0.5, 0.6) is 0 Å². The zero-order valence-electron chi connectivity index (χ0n) is 9.99. The molecule has 0 spiro atoms. The number of aliphatic hydroxyl groups is 1. The summed E-state index contributed by atoms with van der Waals surface area (Å²) in [5, 5.41) is 9.40. The predicted octanol–water partition coefficient (Wildman–Crippen LogP) is 0.199. The van der Waals surface area contributed by atoms with Crippen molar-refractivity contribution in [1.29, 1.82) is 0 Å². The Morgan fingerprint density at radius 1 is 1.53 bits per heavy atom. The van der Waals surface area contributed by atoms with Gasteiger partial charge in [0, 0.05) is 18.8 Å². The lowest BCUT2D eigenvalue weighted by Crippen LogP contribution is -2.34. The fourth-order valence-electron chi connectivity index (χ4n) is 2.20. The summed E-state index contributed by atoms with van der Waals surface area (Å²) in [5.74, 6) is -0.291. The number of aliphatic hydroxyl groups excluding tert-OH is 1. The number of aromatic nitrogens is 1. The molecule has 5 nitrogen and oxygen atoms in total. The minimum absolute atomic E-state index is 0.185. The summed E-state index contributed by atoms with van der Waals surface area (Å²) in [6.45, 7) is 4.35. The highest BCUT2D eigenvalue weighted by Gasteiger charge is 2.27. The molecule has 1 aromatic rings. The lowest BCUT2D eigenvalue weighted by molar-refractivity contribution is 0.0762. The molecule has 0 aromatic carbocycles. The standard InChI is InChI=1S/C12H16N2O3/c1-7-5-8(2)13-11(16)10(7)12(17)14-4-3-9(15)6-14/h5,9,15H,3-4,6H2,1-2H3,(H,13,16). The Morgan fingerprint density at radius 2 is 2.24 bits per heavy atom. The van der Waals surface area contributed by atoms with Crippen LogP contribution in [0.2, 0.25) is 0 Å². The number of H-pyrrole nitrogens is 1. The van der Waals surface area contributed by atoms with Crippen molar-refractivity contribution >= 4 is 5.91 Å². The van der Waals surface area contributed by atoms with Gasteiger partial charge in [-0.3, -0.25) is 9.59 Å². The molecule has 0 saturated carbocycles. The van der Waals surface area contributed by atoms with Gasteiger partial charge in [-0.25, -0.2) is 0 Å². The summed E-state index contributed by atoms with van der Waals surface area (Å²) in [7, 11) is 0. The van der Waals surface area contributed by atoms with E-state index in [2.05, 4.69) is 4.98 Å². The van der Waals surface area contributed by atoms with E-state index in [0.29, 0.717) is 25.1 Å². The van der Waals surface area contributed by atoms with Crippen molar-refractivity contribution < 1.29 is 9.90 Å². The molecule has 0 bridgehead atoms. The maximum Gasteiger partial charge on any atom is 0.261 e. The molecule has 5 heteroatoms. The number of carbonyl (C=O) groups is 1. The van der Waals surface area contributed by atoms with Gasteiger partial charge in [0.25, 0.3) is 11.5 Å². The second-order valence-electron chi connectivity index (χ2n) is 4.53. The average Bonchev–Trinajstić information content (AvgIpc) is 2.63. The molecule has 1 aliphatic heterocycles. The normalized spacial score (nSPS) is 19.7. The van der Waals surface area contributed by atoms with Crippen LogP contribution in [0.25, 0.3) is 0 Å². The van der Waals surface area contributed by atoms with Gasteiger partial charge in [-0.15, -0.1) is 0 Å². The zero-order valence-corrected chi connectivity index (χ0v) is 9.99. The van der Waals surface area contributed by atoms with E-state index in [4.69, 9.17) is 0 Å². The Kier molecular flexibility index (Phi) is 3.02. The van der Waals surface area contributed by atoms with E-state index in [1.165, 1.54) is 4.90 Å². The van der Waals surface area contributed by atoms with E-state index in [-0.39, 0.29) is 17.0 Å². The number of hydrogen-bond donors (Lipinski definition) is 2. The van der Waals surface area contributed by atoms with Crippen LogP contribution in [0.3, 0.4) is 0 Å². The maximum atomic E-state index is 12.1. The molecule has 1 saturated heterocycles. The topological polar surface area (TPSA) is 73.4 Å². The predicted molar refractivity (Wildman–Crippen MR) is 63.1 cm³/mol. The van der Waals surface area contributed by atoms with Gasteiger partial charge in [0.15, 0.2) is 0 Å². The third-order valence-corrected chi connectivity index (χ3v) is 3.03. The van der Waals surface area contributed by atoms with Crippen molar-refractivity contribution in [2.45, 2.75) is 26.4 Å². The number of amides is 1. The van der Waals surface area contributed by atoms with Crippen LogP contribution in [0, 0.1) is 13.8 Å². The maximum absolute atomic E-state index is 12.1. The number of β-amino-alcohol motifs (C(OH)–C–C–N with tert-alkyl or cyclic N) is 1. The fourth-order valence-corrected chi connectivity index (χ4v) is 2.20. The molecule has 0 radical (unpaired) electrons. The fraction of sp³-hybridized carbons (Fsp3) is 0.500. The third-order valence-electron chi connectivity index (χ3n) is 3.03. The first-order valence-corrected chi connectivity index (χ1v) is 5.67. The van der Waals surface area contributed by atoms with Gasteiger partial charge in [0.05, 0.1) is 6.10 Å². The number of carbonyl (C=O) groups excluding carboxylic acids is 1. The van der Waals surface area contributed by atoms with Crippen LogP contribution in [-0.2, 0) is 0 Å². The summed E-state index contributed by atoms with van der Waals surface area (Å²) in [5.41, 5.74) is 1.25. The first kappa shape index (κ1) is 11.9. The molecule has 1 aromatic heterocycles. The van der Waals surface area contributed by atoms with Crippen LogP contribution in [0.1, 0.15) is 28.0 Å². The van der Waals surface area contributed by atoms with E-state index in [1.807, 2.05) is 0 Å². The van der Waals surface area contributed by atoms with Crippen molar-refractivity contribution in [2.75, 3.05) is 13.1 Å². The van der Waals surface area contributed by atoms with Gasteiger partial charge in [0.2, 0.25) is 0 Å². The van der Waals surface area contributed by atoms with Crippen LogP contribution in [0.15, 0.2) is 10.9 Å². The van der Waals surface area contributed by atoms with Crippen molar-refractivity contribution in [3.05, 3.63) is 33.2 Å². The third kappa shape index (κ3) is 2.24. The summed E-state index contributed by atoms with van der Waals surface area (Å²) >= 11 is 0. The Morgan fingerprint density at radius 3 is 2.76 bits per heavy atom. The molecule has 1 fully saturated rings.